The molecule has 0 unspecified atom stereocenters. The molecule has 2 aromatic rings. The van der Waals surface area contributed by atoms with E-state index in [0.29, 0.717) is 0 Å². The molecule has 0 N–H and O–H groups in total. The topological polar surface area (TPSA) is 27.7 Å². The third-order valence-corrected chi connectivity index (χ3v) is 32.2. The van der Waals surface area contributed by atoms with Crippen LogP contribution < -0.4 is 6.15 Å². The number of hydrogen-bond donors (Lipinski definition) is 0. The van der Waals surface area contributed by atoms with Crippen LogP contribution in [-0.4, -0.2) is 38.4 Å². The van der Waals surface area contributed by atoms with E-state index in [-0.39, 0.29) is 0 Å². The molecule has 0 saturated heterocycles. The molecule has 33 heavy (non-hydrogen) atoms. The molecule has 0 spiro atoms. The molecular formula is C28H46O3Sn2. The Kier molecular flexibility index (Phi) is 10.9. The van der Waals surface area contributed by atoms with Crippen LogP contribution in [0.1, 0.15) is 72.9 Å². The molecule has 2 aromatic carbocycles. The van der Waals surface area contributed by atoms with Gasteiger partial charge < -0.3 is 0 Å². The van der Waals surface area contributed by atoms with E-state index in [2.05, 4.69) is 85.6 Å². The molecule has 184 valence electrons. The fourth-order valence-corrected chi connectivity index (χ4v) is 36.5. The first-order chi connectivity index (χ1) is 15.4. The Bertz CT molecular complexity index is 860. The molecule has 0 aliphatic rings. The van der Waals surface area contributed by atoms with Crippen LogP contribution in [-0.2, 0) is 14.3 Å². The van der Waals surface area contributed by atoms with E-state index >= 15 is 0 Å². The van der Waals surface area contributed by atoms with Crippen molar-refractivity contribution in [2.75, 3.05) is 0 Å². The van der Waals surface area contributed by atoms with Crippen LogP contribution in [0.2, 0.25) is 19.8 Å². The molecular weight excluding hydrogens is 622 g/mol. The van der Waals surface area contributed by atoms with Crippen LogP contribution in [0.25, 0.3) is 0 Å². The molecule has 0 amide bonds. The van der Waals surface area contributed by atoms with Crippen LogP contribution >= 0.6 is 0 Å². The molecule has 2 rings (SSSR count). The van der Waals surface area contributed by atoms with Gasteiger partial charge in [0, 0.05) is 0 Å². The minimum atomic E-state index is -3.27. The van der Waals surface area contributed by atoms with Gasteiger partial charge in [0.2, 0.25) is 0 Å². The van der Waals surface area contributed by atoms with Crippen LogP contribution in [0.5, 0.6) is 11.5 Å². The summed E-state index contributed by atoms with van der Waals surface area (Å²) in [5.41, 5.74) is 8.09. The first kappa shape index (κ1) is 28.8. The zero-order valence-electron chi connectivity index (χ0n) is 22.8. The summed E-state index contributed by atoms with van der Waals surface area (Å²) in [4.78, 5) is 8.84. The zero-order valence-corrected chi connectivity index (χ0v) is 28.5. The summed E-state index contributed by atoms with van der Waals surface area (Å²) in [6.07, 6.45) is 7.17. The van der Waals surface area contributed by atoms with Crippen LogP contribution in [0, 0.1) is 27.7 Å². The van der Waals surface area contributed by atoms with Crippen LogP contribution in [0.3, 0.4) is 0 Å². The molecule has 0 aliphatic carbocycles. The zero-order chi connectivity index (χ0) is 24.8. The van der Waals surface area contributed by atoms with Crippen molar-refractivity contribution in [2.45, 2.75) is 99.8 Å². The normalized spacial score (nSPS) is 12.2. The monoisotopic (exact) mass is 670 g/mol. The Morgan fingerprint density at radius 1 is 0.576 bits per heavy atom. The van der Waals surface area contributed by atoms with Crippen molar-refractivity contribution in [3.05, 3.63) is 57.6 Å². The molecule has 0 bridgehead atoms. The second kappa shape index (κ2) is 12.5. The van der Waals surface area contributed by atoms with E-state index in [1.54, 1.807) is 0 Å². The van der Waals surface area contributed by atoms with Crippen molar-refractivity contribution in [3.63, 3.8) is 0 Å². The third kappa shape index (κ3) is 8.34. The molecule has 0 radical (unpaired) electrons. The first-order valence-electron chi connectivity index (χ1n) is 12.7. The molecule has 0 atom stereocenters. The Morgan fingerprint density at radius 2 is 0.939 bits per heavy atom. The summed E-state index contributed by atoms with van der Waals surface area (Å²) in [7, 11) is 0. The van der Waals surface area contributed by atoms with Crippen LogP contribution in [0.4, 0.5) is 0 Å². The number of unbranched alkanes of at least 4 members (excludes halogenated alkanes) is 2. The number of aryl methyl sites for hydroxylation is 2. The summed E-state index contributed by atoms with van der Waals surface area (Å²) in [5.74, 6) is 1.98. The van der Waals surface area contributed by atoms with Gasteiger partial charge in [0.25, 0.3) is 0 Å². The van der Waals surface area contributed by atoms with Crippen molar-refractivity contribution < 1.29 is 7.56 Å². The summed E-state index contributed by atoms with van der Waals surface area (Å²) in [6, 6.07) is 8.79. The van der Waals surface area contributed by atoms with Gasteiger partial charge in [-0.3, -0.25) is 0 Å². The first-order valence-corrected chi connectivity index (χ1v) is 28.7. The van der Waals surface area contributed by atoms with Gasteiger partial charge in [-0.1, -0.05) is 0 Å². The maximum absolute atomic E-state index is 6.79. The molecule has 0 aliphatic heterocycles. The van der Waals surface area contributed by atoms with Crippen LogP contribution in [0.15, 0.2) is 24.3 Å². The fraction of sp³-hybridized carbons (Fsp3) is 0.571. The van der Waals surface area contributed by atoms with E-state index in [1.165, 1.54) is 59.1 Å². The van der Waals surface area contributed by atoms with Gasteiger partial charge in [0.1, 0.15) is 0 Å². The Hall–Kier alpha value is -0.403. The second-order valence-electron chi connectivity index (χ2n) is 10.3. The van der Waals surface area contributed by atoms with Gasteiger partial charge in [0.15, 0.2) is 0 Å². The number of benzene rings is 2. The van der Waals surface area contributed by atoms with Crippen molar-refractivity contribution in [3.8, 4) is 11.5 Å². The average Bonchev–Trinajstić information content (AvgIpc) is 2.72. The summed E-state index contributed by atoms with van der Waals surface area (Å²) >= 11 is -6.55. The second-order valence-corrected chi connectivity index (χ2v) is 31.9. The average molecular weight is 668 g/mol. The summed E-state index contributed by atoms with van der Waals surface area (Å²) in [5, 5.41) is 0. The van der Waals surface area contributed by atoms with E-state index in [4.69, 9.17) is 7.56 Å². The summed E-state index contributed by atoms with van der Waals surface area (Å²) < 4.78 is 20.0. The molecule has 3 nitrogen and oxygen atoms in total. The van der Waals surface area contributed by atoms with Crippen molar-refractivity contribution in [2.24, 2.45) is 0 Å². The van der Waals surface area contributed by atoms with E-state index in [9.17, 15) is 0 Å². The molecule has 5 heteroatoms. The quantitative estimate of drug-likeness (QED) is 0.213. The Labute approximate surface area is 213 Å². The Balaban J connectivity index is 2.14. The van der Waals surface area contributed by atoms with Crippen molar-refractivity contribution in [1.82, 2.24) is 0 Å². The maximum atomic E-state index is 6.79. The van der Waals surface area contributed by atoms with E-state index in [0.717, 1.165) is 24.3 Å². The fourth-order valence-electron chi connectivity index (χ4n) is 4.36. The van der Waals surface area contributed by atoms with Gasteiger partial charge in [-0.15, -0.1) is 0 Å². The predicted octanol–water partition coefficient (Wildman–Crippen LogP) is 8.48. The van der Waals surface area contributed by atoms with Gasteiger partial charge in [-0.2, -0.15) is 0 Å². The molecule has 0 heterocycles. The Morgan fingerprint density at radius 3 is 1.27 bits per heavy atom. The minimum absolute atomic E-state index is 0.989. The SMILES string of the molecule is CCCCc1ccc([O][Sn]([CH3])([CH3])[O][Sn]([CH3])([CH3])[O]c2ccc(CCCC)c(C)c2C)c(C)c1C. The van der Waals surface area contributed by atoms with Gasteiger partial charge in [-0.25, -0.2) is 0 Å². The van der Waals surface area contributed by atoms with Gasteiger partial charge >= 0.3 is 215 Å². The van der Waals surface area contributed by atoms with Gasteiger partial charge in [0.05, 0.1) is 0 Å². The van der Waals surface area contributed by atoms with Gasteiger partial charge in [-0.05, 0) is 0 Å². The molecule has 0 saturated carbocycles. The molecule has 0 aromatic heterocycles. The number of rotatable bonds is 12. The van der Waals surface area contributed by atoms with Crippen molar-refractivity contribution in [1.29, 1.82) is 0 Å². The standard InChI is InChI=1S/2C12H18O.4CH3.O.2Sn/c2*1-4-5-6-11-7-8-12(13)10(3)9(11)2;;;;;;;/h2*7-8,13H,4-6H2,1-3H3;4*1H3;;;/q;;;;;;;2*+1/p-2. The third-order valence-electron chi connectivity index (χ3n) is 6.50. The summed E-state index contributed by atoms with van der Waals surface area (Å²) in [6.45, 7) is 13.3. The number of hydrogen-bond acceptors (Lipinski definition) is 3. The van der Waals surface area contributed by atoms with Crippen molar-refractivity contribution >= 4 is 38.4 Å². The van der Waals surface area contributed by atoms with E-state index in [1.807, 2.05) is 0 Å². The van der Waals surface area contributed by atoms with E-state index < -0.39 is 38.4 Å². The molecule has 0 fully saturated rings. The predicted molar refractivity (Wildman–Crippen MR) is 146 cm³/mol.